The molecule has 14 nitrogen and oxygen atoms in total. The first-order valence-electron chi connectivity index (χ1n) is 36.3. The van der Waals surface area contributed by atoms with Gasteiger partial charge in [-0.3, -0.25) is 4.79 Å². The molecule has 0 aromatic heterocycles. The second-order valence-corrected chi connectivity index (χ2v) is 28.3. The second-order valence-electron chi connectivity index (χ2n) is 28.3. The molecule has 4 rings (SSSR count). The highest BCUT2D eigenvalue weighted by Crippen LogP contribution is 2.14. The highest BCUT2D eigenvalue weighted by Gasteiger charge is 2.25. The molecule has 4 aromatic rings. The third kappa shape index (κ3) is 52.7. The van der Waals surface area contributed by atoms with E-state index >= 15 is 0 Å². The zero-order valence-corrected chi connectivity index (χ0v) is 64.7. The number of likely N-dealkylation sites (N-methyl/N-ethyl adjacent to an activating group) is 4. The molecule has 0 spiro atoms. The van der Waals surface area contributed by atoms with Gasteiger partial charge < -0.3 is 55.9 Å². The molecule has 0 aliphatic carbocycles. The average molecular weight is 1330 g/mol. The minimum atomic E-state index is -0.337. The smallest absolute Gasteiger partial charge is 0.330 e. The number of benzene rings is 4. The Hall–Kier alpha value is -5.10. The summed E-state index contributed by atoms with van der Waals surface area (Å²) in [5.41, 5.74) is 5.61. The summed E-state index contributed by atoms with van der Waals surface area (Å²) in [4.78, 5) is 21.6. The first-order chi connectivity index (χ1) is 45.1. The monoisotopic (exact) mass is 1330 g/mol. The van der Waals surface area contributed by atoms with Gasteiger partial charge in [-0.15, -0.1) is 0 Å². The topological polar surface area (TPSA) is 92.3 Å². The van der Waals surface area contributed by atoms with Crippen LogP contribution < -0.4 is 5.32 Å². The van der Waals surface area contributed by atoms with Crippen LogP contribution in [-0.4, -0.2) is 240 Å². The molecule has 0 fully saturated rings. The Bertz CT molecular complexity index is 2410. The molecule has 0 radical (unpaired) electrons. The van der Waals surface area contributed by atoms with E-state index in [0.29, 0.717) is 12.2 Å². The number of quaternary nitrogens is 6. The lowest BCUT2D eigenvalue weighted by atomic mass is 10.2. The van der Waals surface area contributed by atoms with Crippen LogP contribution in [0.4, 0.5) is 0 Å². The van der Waals surface area contributed by atoms with E-state index in [-0.39, 0.29) is 11.9 Å². The van der Waals surface area contributed by atoms with Crippen LogP contribution >= 0.6 is 0 Å². The second kappa shape index (κ2) is 55.8. The number of esters is 1. The van der Waals surface area contributed by atoms with Crippen molar-refractivity contribution in [1.29, 1.82) is 0 Å². The highest BCUT2D eigenvalue weighted by molar-refractivity contribution is 5.92. The summed E-state index contributed by atoms with van der Waals surface area (Å²) in [6.07, 6.45) is 9.47. The zero-order valence-electron chi connectivity index (χ0n) is 64.7. The number of rotatable bonds is 44. The van der Waals surface area contributed by atoms with Crippen LogP contribution in [-0.2, 0) is 59.7 Å². The van der Waals surface area contributed by atoms with E-state index in [0.717, 1.165) is 129 Å². The SMILES string of the molecule is C=C(C)C(=O)NCCC[N+](C)(C)C.C=CC(=O)OCCC[N+](C)(C)C.CCCC[N+](CC)(CCC)CCOCc1ccccc1.CCC[N+](CC)(CCC)CCOCc1ccccc1.CC[N+](CC)(CC)CCOCc1ccccc1.C[N+](C)(C)CCOCc1ccccc1. The molecule has 1 unspecified atom stereocenters. The van der Waals surface area contributed by atoms with Crippen LogP contribution in [0.3, 0.4) is 0 Å². The van der Waals surface area contributed by atoms with Gasteiger partial charge in [0.25, 0.3) is 0 Å². The maximum absolute atomic E-state index is 11.1. The van der Waals surface area contributed by atoms with Crippen molar-refractivity contribution in [3.63, 3.8) is 0 Å². The van der Waals surface area contributed by atoms with E-state index in [9.17, 15) is 9.59 Å². The number of amides is 1. The lowest BCUT2D eigenvalue weighted by Gasteiger charge is -2.37. The molecule has 0 bridgehead atoms. The molecule has 1 N–H and O–H groups in total. The Labute approximate surface area is 584 Å². The van der Waals surface area contributed by atoms with Gasteiger partial charge in [-0.1, -0.05) is 169 Å². The molecule has 0 aliphatic heterocycles. The minimum Gasteiger partial charge on any atom is -0.462 e. The van der Waals surface area contributed by atoms with Crippen LogP contribution in [0.15, 0.2) is 146 Å². The normalized spacial score (nSPS) is 12.0. The predicted octanol–water partition coefficient (Wildman–Crippen LogP) is 14.7. The molecule has 0 aliphatic rings. The predicted molar refractivity (Wildman–Crippen MR) is 405 cm³/mol. The Morgan fingerprint density at radius 2 is 0.684 bits per heavy atom. The number of hydrogen-bond donors (Lipinski definition) is 1. The summed E-state index contributed by atoms with van der Waals surface area (Å²) in [5.74, 6) is -0.377. The fourth-order valence-corrected chi connectivity index (χ4v) is 10.5. The van der Waals surface area contributed by atoms with Gasteiger partial charge in [0.2, 0.25) is 5.91 Å². The van der Waals surface area contributed by atoms with E-state index in [4.69, 9.17) is 23.7 Å². The average Bonchev–Trinajstić information content (AvgIpc) is 1.32. The minimum absolute atomic E-state index is 0.0404. The van der Waals surface area contributed by atoms with Crippen LogP contribution in [0.1, 0.15) is 136 Å². The third-order valence-corrected chi connectivity index (χ3v) is 17.0. The van der Waals surface area contributed by atoms with Crippen molar-refractivity contribution in [1.82, 2.24) is 5.32 Å². The van der Waals surface area contributed by atoms with Crippen LogP contribution in [0.2, 0.25) is 0 Å². The molecule has 14 heteroatoms. The number of carbonyl (C=O) groups is 2. The molecule has 1 atom stereocenters. The largest absolute Gasteiger partial charge is 0.462 e. The maximum atomic E-state index is 11.1. The summed E-state index contributed by atoms with van der Waals surface area (Å²) in [6, 6.07) is 41.6. The number of hydrogen-bond acceptors (Lipinski definition) is 7. The Morgan fingerprint density at radius 3 is 0.968 bits per heavy atom. The fourth-order valence-electron chi connectivity index (χ4n) is 10.5. The number of nitrogens with one attached hydrogen (secondary N) is 1. The zero-order chi connectivity index (χ0) is 71.8. The maximum Gasteiger partial charge on any atom is 0.330 e. The van der Waals surface area contributed by atoms with Crippen molar-refractivity contribution in [3.8, 4) is 0 Å². The summed E-state index contributed by atoms with van der Waals surface area (Å²) in [7, 11) is 19.3. The highest BCUT2D eigenvalue weighted by atomic mass is 16.5. The van der Waals surface area contributed by atoms with Gasteiger partial charge in [0.1, 0.15) is 26.2 Å². The lowest BCUT2D eigenvalue weighted by molar-refractivity contribution is -0.927. The van der Waals surface area contributed by atoms with Gasteiger partial charge >= 0.3 is 5.97 Å². The molecule has 95 heavy (non-hydrogen) atoms. The van der Waals surface area contributed by atoms with Crippen molar-refractivity contribution >= 4 is 11.9 Å². The third-order valence-electron chi connectivity index (χ3n) is 17.0. The first-order valence-corrected chi connectivity index (χ1v) is 36.3. The van der Waals surface area contributed by atoms with E-state index in [1.165, 1.54) is 128 Å². The molecule has 4 aromatic carbocycles. The van der Waals surface area contributed by atoms with Crippen molar-refractivity contribution in [3.05, 3.63) is 168 Å². The summed E-state index contributed by atoms with van der Waals surface area (Å²) >= 11 is 0. The van der Waals surface area contributed by atoms with E-state index in [1.807, 2.05) is 30.3 Å². The molecule has 0 saturated heterocycles. The van der Waals surface area contributed by atoms with Gasteiger partial charge in [0.05, 0.1) is 195 Å². The quantitative estimate of drug-likeness (QED) is 0.0204. The first kappa shape index (κ1) is 92.0. The Kier molecular flexibility index (Phi) is 54.1. The van der Waals surface area contributed by atoms with Gasteiger partial charge in [0, 0.05) is 31.0 Å². The molecular formula is C81H147N7O7+6. The van der Waals surface area contributed by atoms with Gasteiger partial charge in [-0.25, -0.2) is 4.79 Å². The van der Waals surface area contributed by atoms with Crippen LogP contribution in [0, 0.1) is 0 Å². The van der Waals surface area contributed by atoms with Crippen molar-refractivity contribution < 1.29 is 60.2 Å². The molecule has 0 saturated carbocycles. The molecular weight excluding hydrogens is 1180 g/mol. The van der Waals surface area contributed by atoms with E-state index in [2.05, 4.69) is 235 Å². The molecule has 0 heterocycles. The van der Waals surface area contributed by atoms with Gasteiger partial charge in [-0.2, -0.15) is 0 Å². The van der Waals surface area contributed by atoms with E-state index in [1.54, 1.807) is 6.92 Å². The molecule has 1 amide bonds. The van der Waals surface area contributed by atoms with Gasteiger partial charge in [0.15, 0.2) is 0 Å². The lowest BCUT2D eigenvalue weighted by Crippen LogP contribution is -2.51. The van der Waals surface area contributed by atoms with Crippen molar-refractivity contribution in [2.75, 3.05) is 201 Å². The summed E-state index contributed by atoms with van der Waals surface area (Å²) < 4.78 is 34.3. The standard InChI is InChI=1S/C18H32NO.C17H30NO.C15H26NO.C12H20NO.C10H20N2O.C9H18NO2/c1-4-7-14-19(6-3,13-5-2)15-16-20-17-18-11-9-8-10-12-18;1-4-12-18(6-3,13-5-2)14-15-19-16-17-10-8-7-9-11-17;1-4-16(5-2,6-3)12-13-17-14-15-10-8-7-9-11-15;1-13(2,3)9-10-14-11-12-7-5-4-6-8-12;1-9(2)10(13)11-7-6-8-12(3,4)5;1-5-9(11)12-8-6-7-10(2,3)4/h8-12H,4-7,13-17H2,1-3H3;7-11H,4-6,12-16H2,1-3H3;7-11H,4-6,12-14H2,1-3H3;4-8H,9-11H2,1-3H3;1,6-8H2,2-5H3;5H,1,6-8H2,2-4H3/q4*+1;;+1/p+1. The summed E-state index contributed by atoms with van der Waals surface area (Å²) in [5, 5.41) is 2.81. The number of unbranched alkanes of at least 4 members (excludes halogenated alkanes) is 1. The van der Waals surface area contributed by atoms with E-state index < -0.39 is 0 Å². The van der Waals surface area contributed by atoms with Crippen LogP contribution in [0.5, 0.6) is 0 Å². The summed E-state index contributed by atoms with van der Waals surface area (Å²) in [6.45, 7) is 54.4. The fraction of sp³-hybridized carbons (Fsp3) is 0.630. The Balaban J connectivity index is 0. The van der Waals surface area contributed by atoms with Crippen molar-refractivity contribution in [2.24, 2.45) is 0 Å². The van der Waals surface area contributed by atoms with Gasteiger partial charge in [-0.05, 0) is 89.5 Å². The van der Waals surface area contributed by atoms with Crippen molar-refractivity contribution in [2.45, 2.75) is 141 Å². The number of nitrogens with zero attached hydrogens (tertiary/aromatic N) is 6. The number of ether oxygens (including phenoxy) is 5. The number of carbonyl (C=O) groups excluding carboxylic acids is 2. The molecule has 542 valence electrons. The Morgan fingerprint density at radius 1 is 0.379 bits per heavy atom. The van der Waals surface area contributed by atoms with Crippen LogP contribution in [0.25, 0.3) is 0 Å².